The molecule has 0 aliphatic heterocycles. The van der Waals surface area contributed by atoms with Crippen LogP contribution in [0.25, 0.3) is 11.1 Å². The highest BCUT2D eigenvalue weighted by Gasteiger charge is 2.07. The smallest absolute Gasteiger partial charge is 0.141 e. The molecular formula is C26H20N2O2. The fourth-order valence-electron chi connectivity index (χ4n) is 2.99. The molecule has 0 saturated carbocycles. The minimum Gasteiger partial charge on any atom is -0.506 e. The number of aliphatic imine (C=N–C) groups is 2. The summed E-state index contributed by atoms with van der Waals surface area (Å²) in [4.78, 5) is 8.70. The van der Waals surface area contributed by atoms with Gasteiger partial charge in [-0.05, 0) is 46.5 Å². The summed E-state index contributed by atoms with van der Waals surface area (Å²) in [6.45, 7) is 0. The van der Waals surface area contributed by atoms with E-state index < -0.39 is 0 Å². The summed E-state index contributed by atoms with van der Waals surface area (Å²) >= 11 is 0. The fraction of sp³-hybridized carbons (Fsp3) is 0. The largest absolute Gasteiger partial charge is 0.506 e. The van der Waals surface area contributed by atoms with Gasteiger partial charge in [-0.25, -0.2) is 0 Å². The third-order valence-corrected chi connectivity index (χ3v) is 4.59. The predicted molar refractivity (Wildman–Crippen MR) is 123 cm³/mol. The second-order valence-electron chi connectivity index (χ2n) is 6.74. The Morgan fingerprint density at radius 2 is 0.900 bits per heavy atom. The van der Waals surface area contributed by atoms with E-state index >= 15 is 0 Å². The van der Waals surface area contributed by atoms with Crippen molar-refractivity contribution in [1.29, 1.82) is 0 Å². The van der Waals surface area contributed by atoms with E-state index in [1.165, 1.54) is 0 Å². The standard InChI is InChI=1S/C26H20N2O2/c29-25-15-21(11-13-23(25)27-17-19-7-3-1-4-8-19)22-12-14-24(26(30)16-22)28-18-20-9-5-2-6-10-20/h1-18,29-30H/b27-17-,28-18-. The van der Waals surface area contributed by atoms with E-state index in [1.54, 1.807) is 36.7 Å². The molecule has 4 nitrogen and oxygen atoms in total. The van der Waals surface area contributed by atoms with E-state index in [2.05, 4.69) is 9.98 Å². The predicted octanol–water partition coefficient (Wildman–Crippen LogP) is 6.27. The highest BCUT2D eigenvalue weighted by atomic mass is 16.3. The van der Waals surface area contributed by atoms with Gasteiger partial charge in [-0.1, -0.05) is 72.8 Å². The summed E-state index contributed by atoms with van der Waals surface area (Å²) in [6.07, 6.45) is 3.42. The molecule has 0 saturated heterocycles. The molecule has 0 bridgehead atoms. The molecule has 4 aromatic carbocycles. The molecule has 0 spiro atoms. The molecule has 0 fully saturated rings. The van der Waals surface area contributed by atoms with E-state index in [-0.39, 0.29) is 11.5 Å². The third-order valence-electron chi connectivity index (χ3n) is 4.59. The van der Waals surface area contributed by atoms with Gasteiger partial charge in [-0.15, -0.1) is 0 Å². The van der Waals surface area contributed by atoms with Crippen molar-refractivity contribution in [2.45, 2.75) is 0 Å². The van der Waals surface area contributed by atoms with Gasteiger partial charge in [-0.2, -0.15) is 0 Å². The first-order valence-corrected chi connectivity index (χ1v) is 9.54. The number of nitrogens with zero attached hydrogens (tertiary/aromatic N) is 2. The molecular weight excluding hydrogens is 372 g/mol. The zero-order valence-corrected chi connectivity index (χ0v) is 16.2. The van der Waals surface area contributed by atoms with Gasteiger partial charge in [0.15, 0.2) is 0 Å². The lowest BCUT2D eigenvalue weighted by atomic mass is 10.0. The zero-order chi connectivity index (χ0) is 20.8. The van der Waals surface area contributed by atoms with Crippen LogP contribution < -0.4 is 0 Å². The normalized spacial score (nSPS) is 11.3. The first kappa shape index (κ1) is 19.2. The van der Waals surface area contributed by atoms with Crippen molar-refractivity contribution in [2.75, 3.05) is 0 Å². The third kappa shape index (κ3) is 4.62. The number of benzene rings is 4. The Morgan fingerprint density at radius 3 is 1.27 bits per heavy atom. The van der Waals surface area contributed by atoms with Crippen LogP contribution in [0.1, 0.15) is 11.1 Å². The van der Waals surface area contributed by atoms with E-state index in [0.29, 0.717) is 11.4 Å². The number of hydrogen-bond acceptors (Lipinski definition) is 4. The summed E-state index contributed by atoms with van der Waals surface area (Å²) in [5.41, 5.74) is 4.43. The van der Waals surface area contributed by atoms with E-state index in [1.807, 2.05) is 72.8 Å². The lowest BCUT2D eigenvalue weighted by Crippen LogP contribution is -1.82. The maximum Gasteiger partial charge on any atom is 0.141 e. The highest BCUT2D eigenvalue weighted by Crippen LogP contribution is 2.35. The minimum absolute atomic E-state index is 0.0744. The molecule has 0 aliphatic rings. The van der Waals surface area contributed by atoms with Crippen LogP contribution in [0.15, 0.2) is 107 Å². The van der Waals surface area contributed by atoms with Crippen LogP contribution in [0.3, 0.4) is 0 Å². The second kappa shape index (κ2) is 8.88. The van der Waals surface area contributed by atoms with Gasteiger partial charge in [-0.3, -0.25) is 9.98 Å². The molecule has 0 amide bonds. The van der Waals surface area contributed by atoms with Crippen LogP contribution in [-0.4, -0.2) is 22.6 Å². The molecule has 0 aliphatic carbocycles. The maximum absolute atomic E-state index is 10.4. The van der Waals surface area contributed by atoms with Gasteiger partial charge < -0.3 is 10.2 Å². The first-order chi connectivity index (χ1) is 14.7. The van der Waals surface area contributed by atoms with Gasteiger partial charge >= 0.3 is 0 Å². The molecule has 4 rings (SSSR count). The number of phenolic OH excluding ortho intramolecular Hbond substituents is 2. The van der Waals surface area contributed by atoms with Crippen molar-refractivity contribution in [2.24, 2.45) is 9.98 Å². The zero-order valence-electron chi connectivity index (χ0n) is 16.2. The van der Waals surface area contributed by atoms with Gasteiger partial charge in [0.1, 0.15) is 22.9 Å². The lowest BCUT2D eigenvalue weighted by Gasteiger charge is -2.07. The Bertz CT molecular complexity index is 1100. The Hall–Kier alpha value is -4.18. The van der Waals surface area contributed by atoms with Gasteiger partial charge in [0.05, 0.1) is 0 Å². The van der Waals surface area contributed by atoms with Crippen molar-refractivity contribution >= 4 is 23.8 Å². The van der Waals surface area contributed by atoms with Crippen molar-refractivity contribution in [1.82, 2.24) is 0 Å². The molecule has 0 unspecified atom stereocenters. The van der Waals surface area contributed by atoms with Crippen molar-refractivity contribution in [3.8, 4) is 22.6 Å². The molecule has 4 heteroatoms. The second-order valence-corrected chi connectivity index (χ2v) is 6.74. The Balaban J connectivity index is 1.54. The average molecular weight is 392 g/mol. The molecule has 2 N–H and O–H groups in total. The SMILES string of the molecule is Oc1cc(-c2ccc(/N=C\c3ccccc3)c(O)c2)ccc1/N=C\c1ccccc1. The Kier molecular flexibility index (Phi) is 5.67. The molecule has 30 heavy (non-hydrogen) atoms. The first-order valence-electron chi connectivity index (χ1n) is 9.54. The minimum atomic E-state index is 0.0744. The van der Waals surface area contributed by atoms with Gasteiger partial charge in [0.25, 0.3) is 0 Å². The quantitative estimate of drug-likeness (QED) is 0.393. The number of phenols is 2. The maximum atomic E-state index is 10.4. The number of hydrogen-bond donors (Lipinski definition) is 2. The van der Waals surface area contributed by atoms with Crippen LogP contribution in [0, 0.1) is 0 Å². The molecule has 0 atom stereocenters. The number of aromatic hydroxyl groups is 2. The monoisotopic (exact) mass is 392 g/mol. The lowest BCUT2D eigenvalue weighted by molar-refractivity contribution is 0.476. The molecule has 4 aromatic rings. The Labute approximate surface area is 175 Å². The molecule has 0 aromatic heterocycles. The fourth-order valence-corrected chi connectivity index (χ4v) is 2.99. The summed E-state index contributed by atoms with van der Waals surface area (Å²) in [6, 6.07) is 29.9. The summed E-state index contributed by atoms with van der Waals surface area (Å²) in [5, 5.41) is 20.7. The van der Waals surface area contributed by atoms with E-state index in [9.17, 15) is 10.2 Å². The van der Waals surface area contributed by atoms with Crippen LogP contribution >= 0.6 is 0 Å². The number of rotatable bonds is 5. The van der Waals surface area contributed by atoms with Crippen LogP contribution in [0.5, 0.6) is 11.5 Å². The Morgan fingerprint density at radius 1 is 0.500 bits per heavy atom. The average Bonchev–Trinajstić information content (AvgIpc) is 2.79. The van der Waals surface area contributed by atoms with Crippen LogP contribution in [-0.2, 0) is 0 Å². The molecule has 0 heterocycles. The topological polar surface area (TPSA) is 65.2 Å². The van der Waals surface area contributed by atoms with Crippen molar-refractivity contribution in [3.63, 3.8) is 0 Å². The summed E-state index contributed by atoms with van der Waals surface area (Å²) in [7, 11) is 0. The van der Waals surface area contributed by atoms with Gasteiger partial charge in [0, 0.05) is 12.4 Å². The van der Waals surface area contributed by atoms with Crippen molar-refractivity contribution < 1.29 is 10.2 Å². The van der Waals surface area contributed by atoms with Crippen LogP contribution in [0.4, 0.5) is 11.4 Å². The van der Waals surface area contributed by atoms with E-state index in [4.69, 9.17) is 0 Å². The summed E-state index contributed by atoms with van der Waals surface area (Å²) < 4.78 is 0. The van der Waals surface area contributed by atoms with Crippen LogP contribution in [0.2, 0.25) is 0 Å². The van der Waals surface area contributed by atoms with E-state index in [0.717, 1.165) is 22.3 Å². The highest BCUT2D eigenvalue weighted by molar-refractivity contribution is 5.84. The molecule has 146 valence electrons. The molecule has 0 radical (unpaired) electrons. The van der Waals surface area contributed by atoms with Crippen molar-refractivity contribution in [3.05, 3.63) is 108 Å². The van der Waals surface area contributed by atoms with Gasteiger partial charge in [0.2, 0.25) is 0 Å². The summed E-state index contributed by atoms with van der Waals surface area (Å²) in [5.74, 6) is 0.149.